The van der Waals surface area contributed by atoms with E-state index in [0.717, 1.165) is 16.5 Å². The molecule has 1 saturated heterocycles. The molecule has 21 heavy (non-hydrogen) atoms. The van der Waals surface area contributed by atoms with E-state index in [9.17, 15) is 4.79 Å². The van der Waals surface area contributed by atoms with E-state index in [1.165, 1.54) is 23.0 Å². The van der Waals surface area contributed by atoms with Crippen LogP contribution in [0.15, 0.2) is 29.4 Å². The Morgan fingerprint density at radius 3 is 3.00 bits per heavy atom. The fourth-order valence-electron chi connectivity index (χ4n) is 1.96. The van der Waals surface area contributed by atoms with Crippen molar-refractivity contribution in [3.63, 3.8) is 0 Å². The van der Waals surface area contributed by atoms with Gasteiger partial charge in [0.15, 0.2) is 4.32 Å². The Kier molecular flexibility index (Phi) is 3.93. The molecule has 3 rings (SSSR count). The maximum absolute atomic E-state index is 11.6. The zero-order valence-electron chi connectivity index (χ0n) is 11.0. The number of aryl methyl sites for hydroxylation is 1. The molecule has 1 aromatic carbocycles. The van der Waals surface area contributed by atoms with Crippen LogP contribution in [0.25, 0.3) is 10.9 Å². The minimum Gasteiger partial charge on any atom is -0.272 e. The third-order valence-electron chi connectivity index (χ3n) is 2.99. The van der Waals surface area contributed by atoms with Gasteiger partial charge >= 0.3 is 0 Å². The summed E-state index contributed by atoms with van der Waals surface area (Å²) in [5.41, 5.74) is 2.62. The number of thiocarbonyl (C=S) groups is 1. The predicted molar refractivity (Wildman–Crippen MR) is 91.0 cm³/mol. The zero-order chi connectivity index (χ0) is 15.0. The number of pyridine rings is 1. The molecule has 0 unspecified atom stereocenters. The summed E-state index contributed by atoms with van der Waals surface area (Å²) in [5.74, 6) is 0.209. The van der Waals surface area contributed by atoms with Crippen LogP contribution in [0.5, 0.6) is 0 Å². The number of nitrogens with zero attached hydrogens (tertiary/aromatic N) is 3. The van der Waals surface area contributed by atoms with Gasteiger partial charge in [0.05, 0.1) is 17.5 Å². The molecule has 0 N–H and O–H groups in total. The molecular weight excluding hydrogens is 326 g/mol. The molecule has 0 spiro atoms. The third-order valence-corrected chi connectivity index (χ3v) is 4.63. The molecule has 106 valence electrons. The summed E-state index contributed by atoms with van der Waals surface area (Å²) in [7, 11) is 0. The average Bonchev–Trinajstić information content (AvgIpc) is 2.76. The number of amides is 1. The van der Waals surface area contributed by atoms with E-state index in [2.05, 4.69) is 10.1 Å². The molecule has 0 saturated carbocycles. The molecule has 1 aromatic heterocycles. The van der Waals surface area contributed by atoms with Crippen molar-refractivity contribution in [2.45, 2.75) is 6.92 Å². The first kappa shape index (κ1) is 14.4. The van der Waals surface area contributed by atoms with Crippen molar-refractivity contribution < 1.29 is 4.79 Å². The molecule has 2 aromatic rings. The van der Waals surface area contributed by atoms with Gasteiger partial charge in [-0.05, 0) is 25.1 Å². The van der Waals surface area contributed by atoms with E-state index in [1.54, 1.807) is 0 Å². The van der Waals surface area contributed by atoms with Gasteiger partial charge in [0.1, 0.15) is 5.15 Å². The van der Waals surface area contributed by atoms with Crippen molar-refractivity contribution >= 4 is 62.9 Å². The second kappa shape index (κ2) is 5.71. The van der Waals surface area contributed by atoms with Crippen LogP contribution < -0.4 is 0 Å². The van der Waals surface area contributed by atoms with Gasteiger partial charge in [-0.15, -0.1) is 0 Å². The Labute approximate surface area is 136 Å². The molecule has 0 atom stereocenters. The fourth-order valence-corrected chi connectivity index (χ4v) is 3.12. The van der Waals surface area contributed by atoms with E-state index >= 15 is 0 Å². The van der Waals surface area contributed by atoms with Crippen LogP contribution >= 0.6 is 35.6 Å². The highest BCUT2D eigenvalue weighted by atomic mass is 35.5. The number of rotatable bonds is 2. The van der Waals surface area contributed by atoms with Crippen molar-refractivity contribution in [3.05, 3.63) is 40.5 Å². The molecule has 0 radical (unpaired) electrons. The Bertz CT molecular complexity index is 775. The minimum absolute atomic E-state index is 0.123. The van der Waals surface area contributed by atoms with Crippen LogP contribution in [0.2, 0.25) is 5.15 Å². The summed E-state index contributed by atoms with van der Waals surface area (Å²) >= 11 is 12.5. The molecule has 1 aliphatic heterocycles. The van der Waals surface area contributed by atoms with Crippen LogP contribution in [0.4, 0.5) is 0 Å². The molecule has 1 amide bonds. The third kappa shape index (κ3) is 2.92. The lowest BCUT2D eigenvalue weighted by Crippen LogP contribution is -2.22. The van der Waals surface area contributed by atoms with Crippen LogP contribution in [0, 0.1) is 6.92 Å². The van der Waals surface area contributed by atoms with Gasteiger partial charge in [0.2, 0.25) is 0 Å². The highest BCUT2D eigenvalue weighted by Crippen LogP contribution is 2.22. The molecule has 4 nitrogen and oxygen atoms in total. The van der Waals surface area contributed by atoms with E-state index in [4.69, 9.17) is 23.8 Å². The Morgan fingerprint density at radius 2 is 2.29 bits per heavy atom. The van der Waals surface area contributed by atoms with Gasteiger partial charge < -0.3 is 0 Å². The molecule has 7 heteroatoms. The SMILES string of the molecule is Cc1ccc2nc(Cl)c(C=NN3C(=O)CSC3=S)cc2c1. The number of halogens is 1. The topological polar surface area (TPSA) is 45.6 Å². The predicted octanol–water partition coefficient (Wildman–Crippen LogP) is 3.39. The normalized spacial score (nSPS) is 15.6. The van der Waals surface area contributed by atoms with Gasteiger partial charge in [-0.2, -0.15) is 10.1 Å². The highest BCUT2D eigenvalue weighted by molar-refractivity contribution is 8.23. The second-order valence-corrected chi connectivity index (χ2v) is 6.54. The van der Waals surface area contributed by atoms with Crippen molar-refractivity contribution in [3.8, 4) is 0 Å². The van der Waals surface area contributed by atoms with Crippen LogP contribution in [-0.4, -0.2) is 32.2 Å². The first-order chi connectivity index (χ1) is 10.0. The summed E-state index contributed by atoms with van der Waals surface area (Å²) in [6, 6.07) is 7.83. The largest absolute Gasteiger partial charge is 0.272 e. The number of hydrogen-bond donors (Lipinski definition) is 0. The van der Waals surface area contributed by atoms with E-state index in [-0.39, 0.29) is 5.91 Å². The number of aromatic nitrogens is 1. The Hall–Kier alpha value is -1.50. The maximum atomic E-state index is 11.6. The van der Waals surface area contributed by atoms with Crippen molar-refractivity contribution in [1.29, 1.82) is 0 Å². The first-order valence-corrected chi connectivity index (χ1v) is 7.92. The first-order valence-electron chi connectivity index (χ1n) is 6.15. The quantitative estimate of drug-likeness (QED) is 0.479. The molecule has 0 bridgehead atoms. The molecule has 2 heterocycles. The summed E-state index contributed by atoms with van der Waals surface area (Å²) in [5, 5.41) is 6.66. The number of thioether (sulfide) groups is 1. The number of benzene rings is 1. The Balaban J connectivity index is 1.98. The van der Waals surface area contributed by atoms with Gasteiger partial charge in [0, 0.05) is 10.9 Å². The van der Waals surface area contributed by atoms with Crippen molar-refractivity contribution in [1.82, 2.24) is 9.99 Å². The number of carbonyl (C=O) groups excluding carboxylic acids is 1. The maximum Gasteiger partial charge on any atom is 0.259 e. The summed E-state index contributed by atoms with van der Waals surface area (Å²) < 4.78 is 0.456. The number of carbonyl (C=O) groups is 1. The van der Waals surface area contributed by atoms with Gasteiger partial charge in [0.25, 0.3) is 5.91 Å². The average molecular weight is 336 g/mol. The van der Waals surface area contributed by atoms with Gasteiger partial charge in [-0.25, -0.2) is 4.98 Å². The summed E-state index contributed by atoms with van der Waals surface area (Å²) in [6.07, 6.45) is 1.52. The van der Waals surface area contributed by atoms with Crippen LogP contribution in [0.1, 0.15) is 11.1 Å². The Morgan fingerprint density at radius 1 is 1.48 bits per heavy atom. The number of hydrazone groups is 1. The molecule has 1 fully saturated rings. The lowest BCUT2D eigenvalue weighted by Gasteiger charge is -2.07. The summed E-state index contributed by atoms with van der Waals surface area (Å²) in [6.45, 7) is 2.01. The number of hydrogen-bond acceptors (Lipinski definition) is 5. The van der Waals surface area contributed by atoms with Crippen LogP contribution in [-0.2, 0) is 4.79 Å². The van der Waals surface area contributed by atoms with E-state index in [1.807, 2.05) is 31.2 Å². The fraction of sp³-hybridized carbons (Fsp3) is 0.143. The highest BCUT2D eigenvalue weighted by Gasteiger charge is 2.26. The van der Waals surface area contributed by atoms with Gasteiger partial charge in [-0.3, -0.25) is 4.79 Å². The monoisotopic (exact) mass is 335 g/mol. The number of fused-ring (bicyclic) bond motifs is 1. The summed E-state index contributed by atoms with van der Waals surface area (Å²) in [4.78, 5) is 15.9. The van der Waals surface area contributed by atoms with E-state index in [0.29, 0.717) is 20.8 Å². The molecule has 0 aliphatic carbocycles. The van der Waals surface area contributed by atoms with E-state index < -0.39 is 0 Å². The lowest BCUT2D eigenvalue weighted by atomic mass is 10.1. The molecule has 1 aliphatic rings. The smallest absolute Gasteiger partial charge is 0.259 e. The zero-order valence-corrected chi connectivity index (χ0v) is 13.4. The lowest BCUT2D eigenvalue weighted by molar-refractivity contribution is -0.123. The standard InChI is InChI=1S/C14H10ClN3OS2/c1-8-2-3-11-9(4-8)5-10(13(15)17-11)6-16-18-12(19)7-21-14(18)20/h2-6H,7H2,1H3. The van der Waals surface area contributed by atoms with Crippen LogP contribution in [0.3, 0.4) is 0 Å². The van der Waals surface area contributed by atoms with Crippen molar-refractivity contribution in [2.24, 2.45) is 5.10 Å². The van der Waals surface area contributed by atoms with Crippen molar-refractivity contribution in [2.75, 3.05) is 5.75 Å². The second-order valence-electron chi connectivity index (χ2n) is 4.57. The van der Waals surface area contributed by atoms with Gasteiger partial charge in [-0.1, -0.05) is 47.2 Å². The minimum atomic E-state index is -0.123. The molecular formula is C14H10ClN3OS2.